The lowest BCUT2D eigenvalue weighted by Crippen LogP contribution is -2.47. The number of phosphoric acid groups is 1. The second-order valence-corrected chi connectivity index (χ2v) is 25.4. The van der Waals surface area contributed by atoms with E-state index >= 15 is 0 Å². The van der Waals surface area contributed by atoms with Gasteiger partial charge in [0, 0.05) is 12.8 Å². The van der Waals surface area contributed by atoms with Crippen molar-refractivity contribution in [1.82, 2.24) is 5.32 Å². The Morgan fingerprint density at radius 3 is 1.19 bits per heavy atom. The van der Waals surface area contributed by atoms with Gasteiger partial charge in [-0.05, 0) is 70.3 Å². The summed E-state index contributed by atoms with van der Waals surface area (Å²) < 4.78 is 30.4. The second kappa shape index (κ2) is 58.2. The Hall–Kier alpha value is -2.03. The van der Waals surface area contributed by atoms with Crippen LogP contribution in [-0.2, 0) is 27.9 Å². The number of likely N-dealkylation sites (N-methyl/N-ethyl adjacent to an activating group) is 1. The van der Waals surface area contributed by atoms with E-state index in [2.05, 4.69) is 62.5 Å². The fourth-order valence-corrected chi connectivity index (χ4v) is 10.5. The molecule has 0 saturated heterocycles. The van der Waals surface area contributed by atoms with E-state index in [4.69, 9.17) is 13.8 Å². The predicted octanol–water partition coefficient (Wildman–Crippen LogP) is 20.2. The Bertz CT molecular complexity index is 1470. The van der Waals surface area contributed by atoms with E-state index in [1.807, 2.05) is 33.3 Å². The molecule has 0 rings (SSSR count). The highest BCUT2D eigenvalue weighted by Gasteiger charge is 2.27. The highest BCUT2D eigenvalue weighted by atomic mass is 31.2. The highest BCUT2D eigenvalue weighted by Crippen LogP contribution is 2.38. The van der Waals surface area contributed by atoms with Crippen LogP contribution in [0.3, 0.4) is 0 Å². The fourth-order valence-electron chi connectivity index (χ4n) is 9.83. The van der Waals surface area contributed by atoms with Crippen LogP contribution in [0.5, 0.6) is 0 Å². The summed E-state index contributed by atoms with van der Waals surface area (Å²) in [6.07, 6.45) is 72.3. The number of nitrogens with one attached hydrogen (secondary N) is 1. The molecule has 9 nitrogen and oxygen atoms in total. The molecule has 0 fully saturated rings. The second-order valence-electron chi connectivity index (χ2n) is 24.0. The highest BCUT2D eigenvalue weighted by molar-refractivity contribution is 7.45. The molecule has 0 aliphatic carbocycles. The first kappa shape index (κ1) is 76.0. The first-order chi connectivity index (χ1) is 37.9. The van der Waals surface area contributed by atoms with Gasteiger partial charge in [-0.15, -0.1) is 0 Å². The minimum atomic E-state index is -4.70. The van der Waals surface area contributed by atoms with Crippen molar-refractivity contribution in [1.29, 1.82) is 0 Å². The number of amides is 1. The Kier molecular flexibility index (Phi) is 56.7. The molecule has 0 aliphatic heterocycles. The zero-order chi connectivity index (χ0) is 57.2. The molecule has 1 amide bonds. The van der Waals surface area contributed by atoms with Crippen LogP contribution in [0.1, 0.15) is 323 Å². The van der Waals surface area contributed by atoms with Crippen molar-refractivity contribution in [2.24, 2.45) is 0 Å². The Labute approximate surface area is 484 Å². The van der Waals surface area contributed by atoms with E-state index in [9.17, 15) is 19.0 Å². The Morgan fingerprint density at radius 1 is 0.449 bits per heavy atom. The number of rotatable bonds is 61. The predicted molar refractivity (Wildman–Crippen MR) is 335 cm³/mol. The molecule has 3 atom stereocenters. The Morgan fingerprint density at radius 2 is 0.782 bits per heavy atom. The summed E-state index contributed by atoms with van der Waals surface area (Å²) in [7, 11) is 1.20. The third-order valence-electron chi connectivity index (χ3n) is 15.0. The van der Waals surface area contributed by atoms with Gasteiger partial charge in [0.2, 0.25) is 5.91 Å². The summed E-state index contributed by atoms with van der Waals surface area (Å²) in [5.41, 5.74) is 0. The van der Waals surface area contributed by atoms with Crippen molar-refractivity contribution in [2.75, 3.05) is 40.9 Å². The maximum absolute atomic E-state index is 13.6. The van der Waals surface area contributed by atoms with Crippen LogP contribution in [0.4, 0.5) is 0 Å². The number of carbonyl (C=O) groups is 2. The lowest BCUT2D eigenvalue weighted by atomic mass is 10.0. The molecular formula is C68H129N2O7P. The van der Waals surface area contributed by atoms with Gasteiger partial charge in [-0.1, -0.05) is 288 Å². The van der Waals surface area contributed by atoms with E-state index < -0.39 is 20.0 Å². The number of hydrogen-bond donors (Lipinski definition) is 1. The number of unbranched alkanes of at least 4 members (excludes halogenated alkanes) is 39. The Balaban J connectivity index is 5.00. The molecule has 3 unspecified atom stereocenters. The van der Waals surface area contributed by atoms with Gasteiger partial charge in [-0.3, -0.25) is 14.2 Å². The van der Waals surface area contributed by atoms with Crippen molar-refractivity contribution in [2.45, 2.75) is 335 Å². The van der Waals surface area contributed by atoms with Gasteiger partial charge < -0.3 is 28.5 Å². The van der Waals surface area contributed by atoms with Crippen LogP contribution in [0.15, 0.2) is 48.6 Å². The van der Waals surface area contributed by atoms with Gasteiger partial charge in [0.15, 0.2) is 0 Å². The maximum Gasteiger partial charge on any atom is 0.306 e. The topological polar surface area (TPSA) is 114 Å². The molecule has 0 aromatic heterocycles. The average molecular weight is 1120 g/mol. The standard InChI is InChI=1S/C68H129N2O7P/c1-7-10-13-16-19-22-25-28-29-30-31-32-33-34-35-36-37-38-39-40-41-43-45-48-51-54-57-60-67(71)69-65(64-76-78(73,74)75-63-62-70(4,5)6)66(59-56-53-50-47-44-27-24-21-18-15-12-9-3)77-68(72)61-58-55-52-49-46-42-26-23-20-17-14-11-8-2/h19,22,28-29,31-32,56,59,65-66H,7-18,20-21,23-27,30,33-55,57-58,60-64H2,1-6H3,(H-,69,71,73,74)/b22-19-,29-28-,32-31-,59-56-. The first-order valence-electron chi connectivity index (χ1n) is 33.4. The molecule has 78 heavy (non-hydrogen) atoms. The molecule has 458 valence electrons. The third kappa shape index (κ3) is 58.6. The van der Waals surface area contributed by atoms with E-state index in [-0.39, 0.29) is 31.5 Å². The first-order valence-corrected chi connectivity index (χ1v) is 34.9. The van der Waals surface area contributed by atoms with Crippen LogP contribution in [-0.4, -0.2) is 69.4 Å². The SMILES string of the molecule is CCCCC/C=C\C/C=C\C/C=C\CCCCCCCCCCCCCCCCC(=O)NC(COP(=O)([O-])OCC[N+](C)(C)C)C(/C=C\CCCCCCCCCCCC)OC(=O)CCCCCCCCCCCCCCC. The van der Waals surface area contributed by atoms with E-state index in [0.717, 1.165) is 70.6 Å². The van der Waals surface area contributed by atoms with Gasteiger partial charge in [-0.2, -0.15) is 0 Å². The minimum Gasteiger partial charge on any atom is -0.756 e. The van der Waals surface area contributed by atoms with Crippen LogP contribution in [0.2, 0.25) is 0 Å². The molecule has 0 spiro atoms. The van der Waals surface area contributed by atoms with Crippen LogP contribution in [0.25, 0.3) is 0 Å². The van der Waals surface area contributed by atoms with Crippen LogP contribution in [0, 0.1) is 0 Å². The number of phosphoric ester groups is 1. The molecule has 0 heterocycles. The summed E-state index contributed by atoms with van der Waals surface area (Å²) in [5.74, 6) is -0.528. The lowest BCUT2D eigenvalue weighted by molar-refractivity contribution is -0.870. The zero-order valence-corrected chi connectivity index (χ0v) is 53.3. The molecular weight excluding hydrogens is 988 g/mol. The molecule has 0 radical (unpaired) electrons. The molecule has 0 bridgehead atoms. The summed E-state index contributed by atoms with van der Waals surface area (Å²) >= 11 is 0. The molecule has 0 aromatic rings. The number of hydrogen-bond acceptors (Lipinski definition) is 7. The smallest absolute Gasteiger partial charge is 0.306 e. The van der Waals surface area contributed by atoms with Crippen molar-refractivity contribution in [3.63, 3.8) is 0 Å². The molecule has 1 N–H and O–H groups in total. The number of nitrogens with zero attached hydrogens (tertiary/aromatic N) is 1. The summed E-state index contributed by atoms with van der Waals surface area (Å²) in [4.78, 5) is 40.0. The minimum absolute atomic E-state index is 0.0204. The van der Waals surface area contributed by atoms with E-state index in [1.54, 1.807) is 0 Å². The van der Waals surface area contributed by atoms with Crippen LogP contribution < -0.4 is 10.2 Å². The molecule has 0 saturated carbocycles. The largest absolute Gasteiger partial charge is 0.756 e. The summed E-state index contributed by atoms with van der Waals surface area (Å²) in [5, 5.41) is 3.04. The quantitative estimate of drug-likeness (QED) is 0.0212. The van der Waals surface area contributed by atoms with Crippen LogP contribution >= 0.6 is 7.82 Å². The van der Waals surface area contributed by atoms with Gasteiger partial charge in [0.25, 0.3) is 7.82 Å². The van der Waals surface area contributed by atoms with Crippen molar-refractivity contribution >= 4 is 19.7 Å². The molecule has 0 aromatic carbocycles. The van der Waals surface area contributed by atoms with E-state index in [0.29, 0.717) is 17.4 Å². The van der Waals surface area contributed by atoms with Crippen molar-refractivity contribution < 1.29 is 37.3 Å². The van der Waals surface area contributed by atoms with Gasteiger partial charge in [-0.25, -0.2) is 0 Å². The zero-order valence-electron chi connectivity index (χ0n) is 52.4. The molecule has 0 aliphatic rings. The number of ether oxygens (including phenoxy) is 1. The average Bonchev–Trinajstić information content (AvgIpc) is 3.40. The molecule has 10 heteroatoms. The monoisotopic (exact) mass is 1120 g/mol. The van der Waals surface area contributed by atoms with Gasteiger partial charge in [0.05, 0.1) is 33.8 Å². The van der Waals surface area contributed by atoms with E-state index in [1.165, 1.54) is 218 Å². The summed E-state index contributed by atoms with van der Waals surface area (Å²) in [6, 6.07) is -0.885. The van der Waals surface area contributed by atoms with Gasteiger partial charge >= 0.3 is 5.97 Å². The van der Waals surface area contributed by atoms with Gasteiger partial charge in [0.1, 0.15) is 19.3 Å². The summed E-state index contributed by atoms with van der Waals surface area (Å²) in [6.45, 7) is 6.85. The normalized spacial score (nSPS) is 13.9. The number of carbonyl (C=O) groups excluding carboxylic acids is 2. The third-order valence-corrected chi connectivity index (χ3v) is 16.0. The number of esters is 1. The fraction of sp³-hybridized carbons (Fsp3) is 0.853. The van der Waals surface area contributed by atoms with Crippen molar-refractivity contribution in [3.05, 3.63) is 48.6 Å². The van der Waals surface area contributed by atoms with Crippen molar-refractivity contribution in [3.8, 4) is 0 Å². The number of allylic oxidation sites excluding steroid dienone is 7. The number of quaternary nitrogens is 1. The lowest BCUT2D eigenvalue weighted by Gasteiger charge is -2.30. The maximum atomic E-state index is 13.6.